The van der Waals surface area contributed by atoms with Crippen LogP contribution in [0.1, 0.15) is 22.2 Å². The predicted molar refractivity (Wildman–Crippen MR) is 104 cm³/mol. The van der Waals surface area contributed by atoms with Gasteiger partial charge in [-0.2, -0.15) is 4.31 Å². The summed E-state index contributed by atoms with van der Waals surface area (Å²) in [4.78, 5) is 15.4. The maximum atomic E-state index is 12.9. The molecule has 8 heteroatoms. The molecular weight excluding hydrogens is 370 g/mol. The van der Waals surface area contributed by atoms with Crippen LogP contribution in [0.2, 0.25) is 0 Å². The molecular formula is C18H23N3O3S2. The van der Waals surface area contributed by atoms with Crippen molar-refractivity contribution in [2.24, 2.45) is 0 Å². The van der Waals surface area contributed by atoms with Gasteiger partial charge in [-0.15, -0.1) is 11.3 Å². The molecule has 1 aliphatic rings. The largest absolute Gasteiger partial charge is 0.321 e. The zero-order chi connectivity index (χ0) is 18.7. The van der Waals surface area contributed by atoms with E-state index in [0.29, 0.717) is 23.7 Å². The molecule has 2 aromatic rings. The molecule has 1 aromatic heterocycles. The highest BCUT2D eigenvalue weighted by molar-refractivity contribution is 7.89. The maximum Gasteiger partial charge on any atom is 0.265 e. The van der Waals surface area contributed by atoms with Gasteiger partial charge in [-0.3, -0.25) is 4.79 Å². The highest BCUT2D eigenvalue weighted by atomic mass is 32.2. The number of hydrogen-bond acceptors (Lipinski definition) is 5. The molecule has 0 radical (unpaired) electrons. The van der Waals surface area contributed by atoms with Crippen LogP contribution in [0, 0.1) is 6.92 Å². The van der Waals surface area contributed by atoms with Gasteiger partial charge in [-0.1, -0.05) is 13.0 Å². The molecule has 2 heterocycles. The monoisotopic (exact) mass is 393 g/mol. The van der Waals surface area contributed by atoms with Gasteiger partial charge in [0.2, 0.25) is 10.0 Å². The molecule has 0 atom stereocenters. The Morgan fingerprint density at radius 2 is 1.92 bits per heavy atom. The Bertz CT molecular complexity index is 885. The molecule has 0 aliphatic carbocycles. The van der Waals surface area contributed by atoms with Crippen molar-refractivity contribution in [2.75, 3.05) is 38.0 Å². The van der Waals surface area contributed by atoms with Crippen molar-refractivity contribution in [3.8, 4) is 0 Å². The zero-order valence-corrected chi connectivity index (χ0v) is 16.6. The van der Waals surface area contributed by atoms with Crippen LogP contribution in [0.15, 0.2) is 40.6 Å². The van der Waals surface area contributed by atoms with Gasteiger partial charge in [0.05, 0.1) is 9.77 Å². The second-order valence-electron chi connectivity index (χ2n) is 6.25. The number of thiophene rings is 1. The average Bonchev–Trinajstić information content (AvgIpc) is 3.08. The third kappa shape index (κ3) is 3.98. The van der Waals surface area contributed by atoms with Crippen molar-refractivity contribution in [1.29, 1.82) is 0 Å². The minimum atomic E-state index is -3.56. The van der Waals surface area contributed by atoms with E-state index in [4.69, 9.17) is 0 Å². The summed E-state index contributed by atoms with van der Waals surface area (Å²) in [5.74, 6) is -0.219. The zero-order valence-electron chi connectivity index (χ0n) is 14.9. The Balaban J connectivity index is 1.76. The third-order valence-corrected chi connectivity index (χ3v) is 7.49. The van der Waals surface area contributed by atoms with Crippen molar-refractivity contribution in [3.63, 3.8) is 0 Å². The van der Waals surface area contributed by atoms with Gasteiger partial charge in [-0.25, -0.2) is 8.42 Å². The lowest BCUT2D eigenvalue weighted by atomic mass is 10.2. The minimum absolute atomic E-state index is 0.211. The van der Waals surface area contributed by atoms with Crippen LogP contribution in [-0.4, -0.2) is 56.3 Å². The fraction of sp³-hybridized carbons (Fsp3) is 0.389. The van der Waals surface area contributed by atoms with Crippen molar-refractivity contribution in [2.45, 2.75) is 18.7 Å². The van der Waals surface area contributed by atoms with E-state index in [1.54, 1.807) is 18.2 Å². The Kier molecular flexibility index (Phi) is 5.76. The number of nitrogens with zero attached hydrogens (tertiary/aromatic N) is 2. The second kappa shape index (κ2) is 7.87. The summed E-state index contributed by atoms with van der Waals surface area (Å²) in [7, 11) is -3.56. The van der Waals surface area contributed by atoms with E-state index in [2.05, 4.69) is 17.1 Å². The van der Waals surface area contributed by atoms with Gasteiger partial charge in [0.1, 0.15) is 0 Å². The highest BCUT2D eigenvalue weighted by Crippen LogP contribution is 2.22. The van der Waals surface area contributed by atoms with Gasteiger partial charge >= 0.3 is 0 Å². The molecule has 26 heavy (non-hydrogen) atoms. The van der Waals surface area contributed by atoms with E-state index in [-0.39, 0.29) is 10.8 Å². The molecule has 0 bridgehead atoms. The number of rotatable bonds is 5. The summed E-state index contributed by atoms with van der Waals surface area (Å²) in [6, 6.07) is 8.35. The fourth-order valence-corrected chi connectivity index (χ4v) is 5.25. The number of sulfonamides is 1. The van der Waals surface area contributed by atoms with E-state index in [0.717, 1.165) is 25.2 Å². The molecule has 1 amide bonds. The summed E-state index contributed by atoms with van der Waals surface area (Å²) in [5.41, 5.74) is 1.39. The van der Waals surface area contributed by atoms with Crippen molar-refractivity contribution >= 4 is 33.0 Å². The lowest BCUT2D eigenvalue weighted by Crippen LogP contribution is -2.48. The van der Waals surface area contributed by atoms with Gasteiger partial charge in [0.25, 0.3) is 5.91 Å². The summed E-state index contributed by atoms with van der Waals surface area (Å²) in [5, 5.41) is 4.66. The van der Waals surface area contributed by atoms with E-state index in [9.17, 15) is 13.2 Å². The van der Waals surface area contributed by atoms with Crippen LogP contribution in [0.3, 0.4) is 0 Å². The smallest absolute Gasteiger partial charge is 0.265 e. The molecule has 1 aromatic carbocycles. The first kappa shape index (κ1) is 19.0. The Hall–Kier alpha value is -1.74. The Morgan fingerprint density at radius 3 is 2.54 bits per heavy atom. The number of carbonyl (C=O) groups excluding carboxylic acids is 1. The van der Waals surface area contributed by atoms with Crippen LogP contribution in [0.5, 0.6) is 0 Å². The minimum Gasteiger partial charge on any atom is -0.321 e. The first-order valence-corrected chi connectivity index (χ1v) is 10.9. The van der Waals surface area contributed by atoms with Crippen molar-refractivity contribution < 1.29 is 13.2 Å². The first-order chi connectivity index (χ1) is 12.4. The number of piperazine rings is 1. The number of carbonyl (C=O) groups is 1. The summed E-state index contributed by atoms with van der Waals surface area (Å²) >= 11 is 1.37. The van der Waals surface area contributed by atoms with Gasteiger partial charge in [-0.05, 0) is 48.7 Å². The number of anilines is 1. The number of benzene rings is 1. The number of nitrogens with one attached hydrogen (secondary N) is 1. The SMILES string of the molecule is CCN1CCN(S(=O)(=O)c2cccc(NC(=O)c3sccc3C)c2)CC1. The predicted octanol–water partition coefficient (Wildman–Crippen LogP) is 2.64. The number of aryl methyl sites for hydroxylation is 1. The fourth-order valence-electron chi connectivity index (χ4n) is 2.96. The Morgan fingerprint density at radius 1 is 1.19 bits per heavy atom. The van der Waals surface area contributed by atoms with E-state index >= 15 is 0 Å². The highest BCUT2D eigenvalue weighted by Gasteiger charge is 2.28. The van der Waals surface area contributed by atoms with Crippen LogP contribution in [0.25, 0.3) is 0 Å². The van der Waals surface area contributed by atoms with Crippen LogP contribution >= 0.6 is 11.3 Å². The quantitative estimate of drug-likeness (QED) is 0.848. The summed E-state index contributed by atoms with van der Waals surface area (Å²) in [6.45, 7) is 7.33. The molecule has 1 fully saturated rings. The number of likely N-dealkylation sites (N-methyl/N-ethyl adjacent to an activating group) is 1. The standard InChI is InChI=1S/C18H23N3O3S2/c1-3-20-8-10-21(11-9-20)26(23,24)16-6-4-5-15(13-16)19-18(22)17-14(2)7-12-25-17/h4-7,12-13H,3,8-11H2,1-2H3,(H,19,22). The molecule has 3 rings (SSSR count). The van der Waals surface area contributed by atoms with Crippen LogP contribution in [0.4, 0.5) is 5.69 Å². The Labute approximate surface area is 158 Å². The number of amides is 1. The van der Waals surface area contributed by atoms with Crippen LogP contribution in [-0.2, 0) is 10.0 Å². The summed E-state index contributed by atoms with van der Waals surface area (Å²) < 4.78 is 27.3. The maximum absolute atomic E-state index is 12.9. The molecule has 0 unspecified atom stereocenters. The average molecular weight is 394 g/mol. The first-order valence-electron chi connectivity index (χ1n) is 8.60. The molecule has 140 valence electrons. The van der Waals surface area contributed by atoms with Crippen molar-refractivity contribution in [1.82, 2.24) is 9.21 Å². The topological polar surface area (TPSA) is 69.7 Å². The summed E-state index contributed by atoms with van der Waals surface area (Å²) in [6.07, 6.45) is 0. The molecule has 1 aliphatic heterocycles. The molecule has 0 saturated carbocycles. The van der Waals surface area contributed by atoms with Crippen LogP contribution < -0.4 is 5.32 Å². The number of hydrogen-bond donors (Lipinski definition) is 1. The normalized spacial score (nSPS) is 16.5. The molecule has 1 N–H and O–H groups in total. The molecule has 0 spiro atoms. The second-order valence-corrected chi connectivity index (χ2v) is 9.11. The van der Waals surface area contributed by atoms with Gasteiger partial charge in [0.15, 0.2) is 0 Å². The lowest BCUT2D eigenvalue weighted by Gasteiger charge is -2.33. The van der Waals surface area contributed by atoms with E-state index < -0.39 is 10.0 Å². The van der Waals surface area contributed by atoms with E-state index in [1.165, 1.54) is 21.7 Å². The van der Waals surface area contributed by atoms with Gasteiger partial charge < -0.3 is 10.2 Å². The molecule has 1 saturated heterocycles. The van der Waals surface area contributed by atoms with E-state index in [1.807, 2.05) is 18.4 Å². The third-order valence-electron chi connectivity index (χ3n) is 4.58. The van der Waals surface area contributed by atoms with Crippen molar-refractivity contribution in [3.05, 3.63) is 46.2 Å². The molecule has 6 nitrogen and oxygen atoms in total. The van der Waals surface area contributed by atoms with Gasteiger partial charge in [0, 0.05) is 31.9 Å². The lowest BCUT2D eigenvalue weighted by molar-refractivity contribution is 0.103.